The van der Waals surface area contributed by atoms with E-state index >= 15 is 0 Å². The number of nitrogens with one attached hydrogen (secondary N) is 1. The molecule has 10 heteroatoms. The highest BCUT2D eigenvalue weighted by atomic mass is 32.2. The van der Waals surface area contributed by atoms with Crippen molar-refractivity contribution in [3.8, 4) is 0 Å². The number of rotatable bonds is 3. The van der Waals surface area contributed by atoms with Crippen LogP contribution in [0.5, 0.6) is 0 Å². The minimum Gasteiger partial charge on any atom is -0.480 e. The van der Waals surface area contributed by atoms with Gasteiger partial charge < -0.3 is 14.5 Å². The molecule has 2 bridgehead atoms. The molecule has 2 aliphatic carbocycles. The molecule has 2 N–H and O–H groups in total. The summed E-state index contributed by atoms with van der Waals surface area (Å²) in [4.78, 5) is 53.8. The predicted molar refractivity (Wildman–Crippen MR) is 102 cm³/mol. The number of carbonyl (C=O) groups excluding carboxylic acids is 2. The van der Waals surface area contributed by atoms with Crippen LogP contribution in [0, 0.1) is 29.6 Å². The van der Waals surface area contributed by atoms with Crippen LogP contribution in [0.2, 0.25) is 0 Å². The maximum atomic E-state index is 13.0. The highest BCUT2D eigenvalue weighted by molar-refractivity contribution is 8.00. The molecule has 6 rings (SSSR count). The Labute approximate surface area is 172 Å². The van der Waals surface area contributed by atoms with Gasteiger partial charge in [0.05, 0.1) is 33.9 Å². The summed E-state index contributed by atoms with van der Waals surface area (Å²) in [6.45, 7) is -0.575. The zero-order valence-electron chi connectivity index (χ0n) is 14.9. The number of thioether (sulfide) groups is 1. The van der Waals surface area contributed by atoms with Crippen molar-refractivity contribution in [2.24, 2.45) is 29.6 Å². The lowest BCUT2D eigenvalue weighted by Gasteiger charge is -2.42. The number of likely N-dealkylation sites (tertiary alicyclic amines) is 1. The summed E-state index contributed by atoms with van der Waals surface area (Å²) in [6.07, 6.45) is 2.38. The van der Waals surface area contributed by atoms with Crippen LogP contribution in [0.4, 0.5) is 0 Å². The predicted octanol–water partition coefficient (Wildman–Crippen LogP) is 1.59. The van der Waals surface area contributed by atoms with Crippen molar-refractivity contribution in [1.82, 2.24) is 9.88 Å². The standard InChI is InChI=1S/C19H16N2O6S2/c22-9(23)5-21-17(24)11-6-4-7(12(11)18(21)25)14-10(6)13(8-2-1-3-27-8)15-16(28-14)20-19(26)29-15/h1-3,6-7,10-14H,4-5H2,(H,20,26)(H,22,23)/t6-,7+,10-,11+,12+,13+,14-/m0/s1. The van der Waals surface area contributed by atoms with Gasteiger partial charge in [-0.2, -0.15) is 0 Å². The van der Waals surface area contributed by atoms with Gasteiger partial charge in [0, 0.05) is 5.25 Å². The average molecular weight is 432 g/mol. The van der Waals surface area contributed by atoms with E-state index in [4.69, 9.17) is 9.52 Å². The Balaban J connectivity index is 1.45. The van der Waals surface area contributed by atoms with Crippen LogP contribution in [-0.2, 0) is 14.4 Å². The van der Waals surface area contributed by atoms with Crippen molar-refractivity contribution in [3.05, 3.63) is 38.7 Å². The first kappa shape index (κ1) is 17.5. The number of carboxylic acids is 1. The van der Waals surface area contributed by atoms with Gasteiger partial charge in [-0.15, -0.1) is 11.8 Å². The number of nitrogens with zero attached hydrogens (tertiary/aromatic N) is 1. The summed E-state index contributed by atoms with van der Waals surface area (Å²) in [7, 11) is 0. The second kappa shape index (κ2) is 5.85. The molecule has 29 heavy (non-hydrogen) atoms. The summed E-state index contributed by atoms with van der Waals surface area (Å²) in [6, 6.07) is 3.71. The number of aromatic amines is 1. The molecule has 4 heterocycles. The Bertz CT molecular complexity index is 1100. The number of furan rings is 1. The molecule has 2 saturated carbocycles. The van der Waals surface area contributed by atoms with Crippen molar-refractivity contribution in [2.75, 3.05) is 6.54 Å². The van der Waals surface area contributed by atoms with E-state index < -0.39 is 24.3 Å². The number of carbonyl (C=O) groups is 3. The molecule has 2 aliphatic heterocycles. The van der Waals surface area contributed by atoms with Gasteiger partial charge in [-0.1, -0.05) is 11.3 Å². The maximum Gasteiger partial charge on any atom is 0.323 e. The number of imide groups is 1. The Morgan fingerprint density at radius 2 is 2.00 bits per heavy atom. The SMILES string of the molecule is O=C(O)CN1C(=O)[C@@H]2[C@H]3C[C@@H]([C@@H]4Sc5[nH]c(=O)sc5[C@H](c5ccco5)[C@H]34)[C@H]2C1=O. The highest BCUT2D eigenvalue weighted by Crippen LogP contribution is 2.68. The number of hydrogen-bond donors (Lipinski definition) is 2. The first-order valence-electron chi connectivity index (χ1n) is 9.45. The minimum absolute atomic E-state index is 0.00995. The Hall–Kier alpha value is -2.33. The molecule has 2 aromatic heterocycles. The summed E-state index contributed by atoms with van der Waals surface area (Å²) in [5, 5.41) is 10.0. The topological polar surface area (TPSA) is 121 Å². The summed E-state index contributed by atoms with van der Waals surface area (Å²) >= 11 is 2.77. The molecule has 150 valence electrons. The molecule has 0 spiro atoms. The van der Waals surface area contributed by atoms with Gasteiger partial charge in [-0.25, -0.2) is 0 Å². The molecule has 4 aliphatic rings. The molecule has 1 saturated heterocycles. The number of fused-ring (bicyclic) bond motifs is 9. The van der Waals surface area contributed by atoms with E-state index in [0.29, 0.717) is 0 Å². The summed E-state index contributed by atoms with van der Waals surface area (Å²) < 4.78 is 5.73. The third kappa shape index (κ3) is 2.21. The second-order valence-electron chi connectivity index (χ2n) is 8.13. The van der Waals surface area contributed by atoms with Gasteiger partial charge >= 0.3 is 10.8 Å². The molecule has 3 fully saturated rings. The van der Waals surface area contributed by atoms with E-state index in [-0.39, 0.29) is 45.6 Å². The fourth-order valence-electron chi connectivity index (χ4n) is 6.16. The number of amides is 2. The Kier molecular flexibility index (Phi) is 3.54. The van der Waals surface area contributed by atoms with Gasteiger partial charge in [0.15, 0.2) is 0 Å². The minimum atomic E-state index is -1.18. The smallest absolute Gasteiger partial charge is 0.323 e. The quantitative estimate of drug-likeness (QED) is 0.707. The number of H-pyrrole nitrogens is 1. The Morgan fingerprint density at radius 1 is 1.24 bits per heavy atom. The molecular weight excluding hydrogens is 416 g/mol. The fraction of sp³-hybridized carbons (Fsp3) is 0.474. The molecule has 2 amide bonds. The van der Waals surface area contributed by atoms with Crippen LogP contribution in [0.1, 0.15) is 23.0 Å². The van der Waals surface area contributed by atoms with Crippen molar-refractivity contribution in [1.29, 1.82) is 0 Å². The van der Waals surface area contributed by atoms with E-state index in [9.17, 15) is 19.2 Å². The largest absolute Gasteiger partial charge is 0.480 e. The monoisotopic (exact) mass is 432 g/mol. The third-order valence-corrected chi connectivity index (χ3v) is 9.55. The number of hydrogen-bond acceptors (Lipinski definition) is 7. The number of aliphatic carboxylic acids is 1. The van der Waals surface area contributed by atoms with Crippen LogP contribution >= 0.6 is 23.1 Å². The second-order valence-corrected chi connectivity index (χ2v) is 10.3. The van der Waals surface area contributed by atoms with Crippen molar-refractivity contribution in [2.45, 2.75) is 22.6 Å². The Morgan fingerprint density at radius 3 is 2.69 bits per heavy atom. The zero-order valence-corrected chi connectivity index (χ0v) is 16.6. The molecule has 0 unspecified atom stereocenters. The van der Waals surface area contributed by atoms with Gasteiger partial charge in [-0.05, 0) is 36.3 Å². The van der Waals surface area contributed by atoms with Crippen LogP contribution in [0.3, 0.4) is 0 Å². The van der Waals surface area contributed by atoms with Crippen LogP contribution in [-0.4, -0.2) is 44.6 Å². The van der Waals surface area contributed by atoms with E-state index in [1.807, 2.05) is 12.1 Å². The lowest BCUT2D eigenvalue weighted by Crippen LogP contribution is -2.42. The van der Waals surface area contributed by atoms with Crippen molar-refractivity contribution >= 4 is 40.9 Å². The van der Waals surface area contributed by atoms with E-state index in [1.54, 1.807) is 18.0 Å². The molecule has 2 aromatic rings. The highest BCUT2D eigenvalue weighted by Gasteiger charge is 2.69. The summed E-state index contributed by atoms with van der Waals surface area (Å²) in [5.74, 6) is -2.16. The first-order chi connectivity index (χ1) is 14.0. The zero-order chi connectivity index (χ0) is 20.0. The van der Waals surface area contributed by atoms with E-state index in [2.05, 4.69) is 4.98 Å². The van der Waals surface area contributed by atoms with Crippen molar-refractivity contribution in [3.63, 3.8) is 0 Å². The number of aromatic nitrogens is 1. The lowest BCUT2D eigenvalue weighted by molar-refractivity contribution is -0.149. The molecule has 8 nitrogen and oxygen atoms in total. The van der Waals surface area contributed by atoms with Crippen LogP contribution in [0.25, 0.3) is 0 Å². The third-order valence-electron chi connectivity index (χ3n) is 6.96. The van der Waals surface area contributed by atoms with Crippen molar-refractivity contribution < 1.29 is 23.9 Å². The molecule has 0 aromatic carbocycles. The maximum absolute atomic E-state index is 13.0. The fourth-order valence-corrected chi connectivity index (χ4v) is 9.03. The van der Waals surface area contributed by atoms with Gasteiger partial charge in [-0.3, -0.25) is 24.1 Å². The molecule has 0 radical (unpaired) electrons. The number of thiazole rings is 1. The normalized spacial score (nSPS) is 37.0. The lowest BCUT2D eigenvalue weighted by atomic mass is 9.69. The van der Waals surface area contributed by atoms with E-state index in [0.717, 1.165) is 27.0 Å². The van der Waals surface area contributed by atoms with Crippen LogP contribution in [0.15, 0.2) is 32.6 Å². The van der Waals surface area contributed by atoms with Crippen LogP contribution < -0.4 is 4.87 Å². The molecular formula is C19H16N2O6S2. The summed E-state index contributed by atoms with van der Waals surface area (Å²) in [5.41, 5.74) is 0. The number of carboxylic acid groups (broad SMARTS) is 1. The van der Waals surface area contributed by atoms with Gasteiger partial charge in [0.25, 0.3) is 0 Å². The molecule has 7 atom stereocenters. The van der Waals surface area contributed by atoms with Gasteiger partial charge in [0.1, 0.15) is 12.3 Å². The van der Waals surface area contributed by atoms with Gasteiger partial charge in [0.2, 0.25) is 11.8 Å². The first-order valence-corrected chi connectivity index (χ1v) is 11.2. The van der Waals surface area contributed by atoms with E-state index in [1.165, 1.54) is 11.3 Å². The average Bonchev–Trinajstić information content (AvgIpc) is 3.45.